The number of hydrogen-bond acceptors (Lipinski definition) is 5. The Bertz CT molecular complexity index is 1080. The summed E-state index contributed by atoms with van der Waals surface area (Å²) < 4.78 is 10.8. The molecule has 0 saturated carbocycles. The molecule has 7 nitrogen and oxygen atoms in total. The van der Waals surface area contributed by atoms with Crippen molar-refractivity contribution in [3.8, 4) is 22.8 Å². The zero-order valence-electron chi connectivity index (χ0n) is 16.3. The Hall–Kier alpha value is -3.19. The molecule has 1 saturated heterocycles. The van der Waals surface area contributed by atoms with Crippen LogP contribution >= 0.6 is 11.6 Å². The number of ether oxygens (including phenoxy) is 2. The van der Waals surface area contributed by atoms with Gasteiger partial charge in [0.05, 0.1) is 5.69 Å². The molecule has 1 fully saturated rings. The average molecular weight is 425 g/mol. The van der Waals surface area contributed by atoms with Crippen molar-refractivity contribution < 1.29 is 14.3 Å². The molecule has 3 heterocycles. The number of carbonyl (C=O) groups is 1. The molecule has 0 bridgehead atoms. The summed E-state index contributed by atoms with van der Waals surface area (Å²) in [6.45, 7) is 3.16. The van der Waals surface area contributed by atoms with E-state index in [1.165, 1.54) is 0 Å². The van der Waals surface area contributed by atoms with Gasteiger partial charge in [0.1, 0.15) is 0 Å². The molecule has 2 aliphatic rings. The molecule has 0 spiro atoms. The van der Waals surface area contributed by atoms with Crippen molar-refractivity contribution in [3.05, 3.63) is 59.1 Å². The van der Waals surface area contributed by atoms with Gasteiger partial charge in [-0.25, -0.2) is 0 Å². The van der Waals surface area contributed by atoms with E-state index in [2.05, 4.69) is 15.1 Å². The Morgan fingerprint density at radius 2 is 1.90 bits per heavy atom. The number of halogens is 1. The fourth-order valence-electron chi connectivity index (χ4n) is 3.84. The number of nitrogens with zero attached hydrogens (tertiary/aromatic N) is 3. The molecular weight excluding hydrogens is 404 g/mol. The second kappa shape index (κ2) is 7.91. The molecule has 0 aliphatic carbocycles. The summed E-state index contributed by atoms with van der Waals surface area (Å²) in [6.07, 6.45) is 0.874. The maximum absolute atomic E-state index is 12.8. The van der Waals surface area contributed by atoms with Crippen molar-refractivity contribution in [2.75, 3.05) is 37.9 Å². The summed E-state index contributed by atoms with van der Waals surface area (Å²) in [4.78, 5) is 16.9. The van der Waals surface area contributed by atoms with Crippen LogP contribution in [0.4, 0.5) is 5.82 Å². The van der Waals surface area contributed by atoms with Crippen LogP contribution < -0.4 is 14.4 Å². The first-order valence-electron chi connectivity index (χ1n) is 9.92. The van der Waals surface area contributed by atoms with Gasteiger partial charge in [0, 0.05) is 48.4 Å². The fourth-order valence-corrected chi connectivity index (χ4v) is 4.03. The van der Waals surface area contributed by atoms with Crippen LogP contribution in [-0.2, 0) is 0 Å². The molecule has 1 N–H and O–H groups in total. The number of benzene rings is 2. The van der Waals surface area contributed by atoms with Crippen LogP contribution in [0.2, 0.25) is 5.02 Å². The van der Waals surface area contributed by atoms with E-state index in [1.54, 1.807) is 18.2 Å². The number of carbonyl (C=O) groups excluding carboxylic acids is 1. The molecule has 8 heteroatoms. The molecular formula is C22H21ClN4O3. The van der Waals surface area contributed by atoms with Crippen molar-refractivity contribution in [3.63, 3.8) is 0 Å². The van der Waals surface area contributed by atoms with E-state index in [-0.39, 0.29) is 12.7 Å². The Morgan fingerprint density at radius 1 is 1.00 bits per heavy atom. The number of aromatic nitrogens is 2. The standard InChI is InChI=1S/C22H21ClN4O3/c23-17-4-1-3-16(11-17)22(28)27-8-2-7-26(9-10-27)21-13-18(24-25-21)15-5-6-19-20(12-15)30-14-29-19/h1,3-6,11-13H,2,7-10,14H2,(H,24,25). The van der Waals surface area contributed by atoms with E-state index in [4.69, 9.17) is 21.1 Å². The van der Waals surface area contributed by atoms with Crippen LogP contribution in [0.25, 0.3) is 11.3 Å². The molecule has 2 aliphatic heterocycles. The first-order chi connectivity index (χ1) is 14.7. The fraction of sp³-hybridized carbons (Fsp3) is 0.273. The van der Waals surface area contributed by atoms with Gasteiger partial charge in [0.15, 0.2) is 17.3 Å². The molecule has 5 rings (SSSR count). The Labute approximate surface area is 179 Å². The number of H-pyrrole nitrogens is 1. The van der Waals surface area contributed by atoms with E-state index in [1.807, 2.05) is 35.2 Å². The molecule has 3 aromatic rings. The molecule has 1 amide bonds. The zero-order valence-corrected chi connectivity index (χ0v) is 17.1. The second-order valence-electron chi connectivity index (χ2n) is 7.35. The van der Waals surface area contributed by atoms with Crippen LogP contribution in [-0.4, -0.2) is 54.0 Å². The summed E-state index contributed by atoms with van der Waals surface area (Å²) in [5.41, 5.74) is 2.53. The lowest BCUT2D eigenvalue weighted by atomic mass is 10.1. The highest BCUT2D eigenvalue weighted by molar-refractivity contribution is 6.30. The zero-order chi connectivity index (χ0) is 20.5. The summed E-state index contributed by atoms with van der Waals surface area (Å²) in [5, 5.41) is 8.19. The summed E-state index contributed by atoms with van der Waals surface area (Å²) >= 11 is 6.04. The minimum Gasteiger partial charge on any atom is -0.454 e. The number of rotatable bonds is 3. The van der Waals surface area contributed by atoms with Gasteiger partial charge >= 0.3 is 0 Å². The van der Waals surface area contributed by atoms with Gasteiger partial charge < -0.3 is 19.3 Å². The van der Waals surface area contributed by atoms with Crippen LogP contribution in [0, 0.1) is 0 Å². The van der Waals surface area contributed by atoms with Crippen molar-refractivity contribution in [1.82, 2.24) is 15.1 Å². The van der Waals surface area contributed by atoms with Gasteiger partial charge in [-0.2, -0.15) is 5.10 Å². The van der Waals surface area contributed by atoms with Crippen molar-refractivity contribution in [2.24, 2.45) is 0 Å². The van der Waals surface area contributed by atoms with Crippen molar-refractivity contribution >= 4 is 23.3 Å². The third-order valence-corrected chi connectivity index (χ3v) is 5.66. The lowest BCUT2D eigenvalue weighted by molar-refractivity contribution is 0.0767. The van der Waals surface area contributed by atoms with E-state index in [9.17, 15) is 4.79 Å². The quantitative estimate of drug-likeness (QED) is 0.692. The summed E-state index contributed by atoms with van der Waals surface area (Å²) in [5.74, 6) is 2.39. The Kier molecular flexibility index (Phi) is 4.96. The topological polar surface area (TPSA) is 70.7 Å². The Balaban J connectivity index is 1.28. The molecule has 0 radical (unpaired) electrons. The average Bonchev–Trinajstić information content (AvgIpc) is 3.37. The number of hydrogen-bond donors (Lipinski definition) is 1. The molecule has 154 valence electrons. The van der Waals surface area contributed by atoms with E-state index in [0.29, 0.717) is 23.7 Å². The van der Waals surface area contributed by atoms with Crippen LogP contribution in [0.15, 0.2) is 48.5 Å². The van der Waals surface area contributed by atoms with Crippen LogP contribution in [0.3, 0.4) is 0 Å². The predicted molar refractivity (Wildman–Crippen MR) is 114 cm³/mol. The van der Waals surface area contributed by atoms with Crippen LogP contribution in [0.1, 0.15) is 16.8 Å². The van der Waals surface area contributed by atoms with Crippen molar-refractivity contribution in [2.45, 2.75) is 6.42 Å². The third-order valence-electron chi connectivity index (χ3n) is 5.43. The maximum Gasteiger partial charge on any atom is 0.253 e. The molecule has 1 aromatic heterocycles. The van der Waals surface area contributed by atoms with Gasteiger partial charge in [-0.1, -0.05) is 17.7 Å². The van der Waals surface area contributed by atoms with E-state index in [0.717, 1.165) is 48.1 Å². The lowest BCUT2D eigenvalue weighted by Crippen LogP contribution is -2.35. The number of fused-ring (bicyclic) bond motifs is 1. The van der Waals surface area contributed by atoms with Crippen molar-refractivity contribution in [1.29, 1.82) is 0 Å². The molecule has 0 atom stereocenters. The molecule has 0 unspecified atom stereocenters. The molecule has 2 aromatic carbocycles. The second-order valence-corrected chi connectivity index (χ2v) is 7.79. The van der Waals surface area contributed by atoms with Gasteiger partial charge in [-0.3, -0.25) is 9.89 Å². The largest absolute Gasteiger partial charge is 0.454 e. The van der Waals surface area contributed by atoms with E-state index < -0.39 is 0 Å². The summed E-state index contributed by atoms with van der Waals surface area (Å²) in [6, 6.07) is 15.0. The lowest BCUT2D eigenvalue weighted by Gasteiger charge is -2.22. The monoisotopic (exact) mass is 424 g/mol. The highest BCUT2D eigenvalue weighted by atomic mass is 35.5. The normalized spacial score (nSPS) is 15.9. The van der Waals surface area contributed by atoms with Crippen LogP contribution in [0.5, 0.6) is 11.5 Å². The molecule has 30 heavy (non-hydrogen) atoms. The minimum atomic E-state index is 0.0161. The SMILES string of the molecule is O=C(c1cccc(Cl)c1)N1CCCN(c2cc(-c3ccc4c(c3)OCO4)[nH]n2)CC1. The highest BCUT2D eigenvalue weighted by Gasteiger charge is 2.22. The number of aromatic amines is 1. The highest BCUT2D eigenvalue weighted by Crippen LogP contribution is 2.36. The first kappa shape index (κ1) is 18.8. The first-order valence-corrected chi connectivity index (χ1v) is 10.3. The number of nitrogens with one attached hydrogen (secondary N) is 1. The minimum absolute atomic E-state index is 0.0161. The van der Waals surface area contributed by atoms with Gasteiger partial charge in [0.25, 0.3) is 5.91 Å². The van der Waals surface area contributed by atoms with Gasteiger partial charge in [-0.05, 0) is 42.8 Å². The number of amides is 1. The Morgan fingerprint density at radius 3 is 2.80 bits per heavy atom. The van der Waals surface area contributed by atoms with Gasteiger partial charge in [0.2, 0.25) is 6.79 Å². The predicted octanol–water partition coefficient (Wildman–Crippen LogP) is 3.81. The van der Waals surface area contributed by atoms with Gasteiger partial charge in [-0.15, -0.1) is 0 Å². The smallest absolute Gasteiger partial charge is 0.253 e. The number of anilines is 1. The maximum atomic E-state index is 12.8. The third kappa shape index (κ3) is 3.68. The van der Waals surface area contributed by atoms with E-state index >= 15 is 0 Å². The summed E-state index contributed by atoms with van der Waals surface area (Å²) in [7, 11) is 0.